The number of hydrazine groups is 1. The van der Waals surface area contributed by atoms with Crippen molar-refractivity contribution in [1.29, 1.82) is 0 Å². The second-order valence-electron chi connectivity index (χ2n) is 6.44. The quantitative estimate of drug-likeness (QED) is 0.815. The Morgan fingerprint density at radius 1 is 1.42 bits per heavy atom. The van der Waals surface area contributed by atoms with Gasteiger partial charge in [0.05, 0.1) is 0 Å². The van der Waals surface area contributed by atoms with Crippen LogP contribution in [0.15, 0.2) is 24.4 Å². The van der Waals surface area contributed by atoms with Crippen molar-refractivity contribution in [3.05, 3.63) is 30.2 Å². The number of carbonyl (C=O) groups is 1. The van der Waals surface area contributed by atoms with Gasteiger partial charge >= 0.3 is 6.09 Å². The Bertz CT molecular complexity index is 743. The van der Waals surface area contributed by atoms with E-state index < -0.39 is 11.7 Å². The molecule has 0 aromatic carbocycles. The van der Waals surface area contributed by atoms with Crippen molar-refractivity contribution in [3.8, 4) is 0 Å². The van der Waals surface area contributed by atoms with Gasteiger partial charge in [0.1, 0.15) is 11.1 Å². The summed E-state index contributed by atoms with van der Waals surface area (Å²) >= 11 is 0. The highest BCUT2D eigenvalue weighted by Gasteiger charge is 2.17. The van der Waals surface area contributed by atoms with Gasteiger partial charge in [-0.3, -0.25) is 5.43 Å². The molecule has 2 N–H and O–H groups in total. The summed E-state index contributed by atoms with van der Waals surface area (Å²) < 4.78 is 6.95. The lowest BCUT2D eigenvalue weighted by molar-refractivity contribution is 0.0541. The molecule has 130 valence electrons. The Morgan fingerprint density at radius 3 is 2.79 bits per heavy atom. The largest absolute Gasteiger partial charge is 0.443 e. The topological polar surface area (TPSA) is 80.5 Å². The number of rotatable bonds is 5. The molecular weight excluding hydrogens is 306 g/mol. The molecule has 2 heterocycles. The number of aromatic nitrogens is 3. The number of anilines is 1. The predicted octanol–water partition coefficient (Wildman–Crippen LogP) is 3.78. The maximum absolute atomic E-state index is 11.8. The normalized spacial score (nSPS) is 12.3. The minimum absolute atomic E-state index is 0.520. The third-order valence-electron chi connectivity index (χ3n) is 3.23. The summed E-state index contributed by atoms with van der Waals surface area (Å²) in [6.07, 6.45) is 5.19. The van der Waals surface area contributed by atoms with Gasteiger partial charge in [-0.25, -0.2) is 19.7 Å². The Morgan fingerprint density at radius 2 is 2.17 bits per heavy atom. The molecular formula is C17H25N5O2. The second-order valence-corrected chi connectivity index (χ2v) is 6.44. The molecule has 0 atom stereocenters. The van der Waals surface area contributed by atoms with E-state index in [0.717, 1.165) is 23.9 Å². The van der Waals surface area contributed by atoms with Gasteiger partial charge < -0.3 is 4.74 Å². The summed E-state index contributed by atoms with van der Waals surface area (Å²) in [5, 5.41) is 4.53. The Kier molecular flexibility index (Phi) is 5.43. The number of allylic oxidation sites excluding steroid dienone is 2. The van der Waals surface area contributed by atoms with Crippen LogP contribution >= 0.6 is 0 Å². The highest BCUT2D eigenvalue weighted by molar-refractivity contribution is 5.74. The Labute approximate surface area is 142 Å². The number of nitrogens with one attached hydrogen (secondary N) is 2. The molecule has 0 aliphatic carbocycles. The first kappa shape index (κ1) is 17.8. The monoisotopic (exact) mass is 331 g/mol. The molecule has 2 aromatic rings. The maximum Gasteiger partial charge on any atom is 0.426 e. The van der Waals surface area contributed by atoms with E-state index in [4.69, 9.17) is 4.74 Å². The standard InChI is InChI=1S/C17H25N5O2/c1-6-9-12(7-2)14-18-15(13-10-8-11-22(13)21-14)19-20-16(23)24-17(3,4)5/h7-8,10-11H,6,9H2,1-5H3,(H,20,23)(H,18,19,21)/b12-7+. The molecule has 0 unspecified atom stereocenters. The molecule has 0 saturated carbocycles. The smallest absolute Gasteiger partial charge is 0.426 e. The zero-order chi connectivity index (χ0) is 17.7. The van der Waals surface area contributed by atoms with Crippen LogP contribution < -0.4 is 10.9 Å². The first-order valence-corrected chi connectivity index (χ1v) is 8.10. The zero-order valence-corrected chi connectivity index (χ0v) is 14.9. The van der Waals surface area contributed by atoms with Crippen LogP contribution in [0.2, 0.25) is 0 Å². The minimum atomic E-state index is -0.563. The number of nitrogens with zero attached hydrogens (tertiary/aromatic N) is 3. The van der Waals surface area contributed by atoms with Crippen molar-refractivity contribution in [2.45, 2.75) is 53.1 Å². The fraction of sp³-hybridized carbons (Fsp3) is 0.471. The van der Waals surface area contributed by atoms with E-state index in [0.29, 0.717) is 11.6 Å². The molecule has 0 aliphatic heterocycles. The number of fused-ring (bicyclic) bond motifs is 1. The number of carbonyl (C=O) groups excluding carboxylic acids is 1. The molecule has 0 spiro atoms. The molecule has 0 aliphatic rings. The third kappa shape index (κ3) is 4.47. The van der Waals surface area contributed by atoms with E-state index in [1.54, 1.807) is 4.52 Å². The average Bonchev–Trinajstić information content (AvgIpc) is 2.96. The van der Waals surface area contributed by atoms with E-state index in [9.17, 15) is 4.79 Å². The van der Waals surface area contributed by atoms with E-state index >= 15 is 0 Å². The van der Waals surface area contributed by atoms with Gasteiger partial charge in [-0.2, -0.15) is 0 Å². The van der Waals surface area contributed by atoms with Crippen molar-refractivity contribution in [3.63, 3.8) is 0 Å². The van der Waals surface area contributed by atoms with Crippen molar-refractivity contribution in [1.82, 2.24) is 20.0 Å². The lowest BCUT2D eigenvalue weighted by Crippen LogP contribution is -2.36. The third-order valence-corrected chi connectivity index (χ3v) is 3.23. The van der Waals surface area contributed by atoms with Crippen molar-refractivity contribution in [2.75, 3.05) is 5.43 Å². The SMILES string of the molecule is C/C=C(\CCC)c1nc(NNC(=O)OC(C)(C)C)c2cccn2n1. The first-order chi connectivity index (χ1) is 11.3. The van der Waals surface area contributed by atoms with Crippen LogP contribution in [-0.2, 0) is 4.74 Å². The number of hydrogen-bond donors (Lipinski definition) is 2. The van der Waals surface area contributed by atoms with E-state index in [2.05, 4.69) is 27.9 Å². The van der Waals surface area contributed by atoms with Gasteiger partial charge in [-0.1, -0.05) is 19.4 Å². The fourth-order valence-electron chi connectivity index (χ4n) is 2.23. The molecule has 7 heteroatoms. The summed E-state index contributed by atoms with van der Waals surface area (Å²) in [5.41, 5.74) is 6.62. The van der Waals surface area contributed by atoms with Crippen LogP contribution in [0.25, 0.3) is 11.1 Å². The number of ether oxygens (including phenoxy) is 1. The molecule has 24 heavy (non-hydrogen) atoms. The van der Waals surface area contributed by atoms with Crippen LogP contribution in [0.4, 0.5) is 10.6 Å². The van der Waals surface area contributed by atoms with Gasteiger partial charge in [-0.15, -0.1) is 5.10 Å². The molecule has 1 amide bonds. The average molecular weight is 331 g/mol. The van der Waals surface area contributed by atoms with Gasteiger partial charge in [0.25, 0.3) is 0 Å². The van der Waals surface area contributed by atoms with Crippen molar-refractivity contribution >= 4 is 23.0 Å². The predicted molar refractivity (Wildman–Crippen MR) is 94.5 cm³/mol. The van der Waals surface area contributed by atoms with Crippen LogP contribution in [0.3, 0.4) is 0 Å². The summed E-state index contributed by atoms with van der Waals surface area (Å²) in [6.45, 7) is 9.51. The Balaban J connectivity index is 2.25. The van der Waals surface area contributed by atoms with Crippen molar-refractivity contribution < 1.29 is 9.53 Å². The van der Waals surface area contributed by atoms with Gasteiger partial charge in [0, 0.05) is 6.20 Å². The van der Waals surface area contributed by atoms with Gasteiger partial charge in [-0.05, 0) is 51.8 Å². The first-order valence-electron chi connectivity index (χ1n) is 8.10. The molecule has 2 aromatic heterocycles. The van der Waals surface area contributed by atoms with Crippen LogP contribution in [0, 0.1) is 0 Å². The molecule has 0 radical (unpaired) electrons. The highest BCUT2D eigenvalue weighted by atomic mass is 16.6. The Hall–Kier alpha value is -2.57. The van der Waals surface area contributed by atoms with Crippen LogP contribution in [-0.4, -0.2) is 26.3 Å². The minimum Gasteiger partial charge on any atom is -0.443 e. The van der Waals surface area contributed by atoms with Crippen LogP contribution in [0.5, 0.6) is 0 Å². The summed E-state index contributed by atoms with van der Waals surface area (Å²) in [4.78, 5) is 16.4. The summed E-state index contributed by atoms with van der Waals surface area (Å²) in [6, 6.07) is 3.75. The molecule has 0 bridgehead atoms. The van der Waals surface area contributed by atoms with Gasteiger partial charge in [0.2, 0.25) is 0 Å². The number of hydrogen-bond acceptors (Lipinski definition) is 5. The van der Waals surface area contributed by atoms with Crippen molar-refractivity contribution in [2.24, 2.45) is 0 Å². The lowest BCUT2D eigenvalue weighted by Gasteiger charge is -2.20. The zero-order valence-electron chi connectivity index (χ0n) is 14.9. The van der Waals surface area contributed by atoms with E-state index in [1.807, 2.05) is 52.1 Å². The summed E-state index contributed by atoms with van der Waals surface area (Å²) in [7, 11) is 0. The van der Waals surface area contributed by atoms with E-state index in [1.165, 1.54) is 0 Å². The van der Waals surface area contributed by atoms with E-state index in [-0.39, 0.29) is 0 Å². The molecule has 2 rings (SSSR count). The molecule has 0 saturated heterocycles. The number of amides is 1. The molecule has 0 fully saturated rings. The highest BCUT2D eigenvalue weighted by Crippen LogP contribution is 2.20. The second kappa shape index (κ2) is 7.33. The maximum atomic E-state index is 11.8. The molecule has 7 nitrogen and oxygen atoms in total. The van der Waals surface area contributed by atoms with Gasteiger partial charge in [0.15, 0.2) is 11.6 Å². The fourth-order valence-corrected chi connectivity index (χ4v) is 2.23. The summed E-state index contributed by atoms with van der Waals surface area (Å²) in [5.74, 6) is 1.16. The lowest BCUT2D eigenvalue weighted by atomic mass is 10.1. The van der Waals surface area contributed by atoms with Crippen LogP contribution in [0.1, 0.15) is 53.3 Å².